The van der Waals surface area contributed by atoms with E-state index in [4.69, 9.17) is 9.47 Å². The number of guanidine groups is 1. The Labute approximate surface area is 197 Å². The highest BCUT2D eigenvalue weighted by Crippen LogP contribution is 2.16. The number of aliphatic hydroxyl groups excluding tert-OH is 1. The molecule has 0 saturated carbocycles. The third-order valence-electron chi connectivity index (χ3n) is 5.16. The predicted octanol–water partition coefficient (Wildman–Crippen LogP) is -0.855. The maximum atomic E-state index is 11.9. The Hall–Kier alpha value is -3.26. The van der Waals surface area contributed by atoms with Crippen LogP contribution in [0.1, 0.15) is 5.56 Å². The number of hydrogen-bond acceptors (Lipinski definition) is 9. The number of hydrazine groups is 1. The van der Waals surface area contributed by atoms with Gasteiger partial charge in [0.25, 0.3) is 0 Å². The molecule has 34 heavy (non-hydrogen) atoms. The summed E-state index contributed by atoms with van der Waals surface area (Å²) >= 11 is 0. The number of carboxylic acids is 1. The van der Waals surface area contributed by atoms with Gasteiger partial charge in [-0.25, -0.2) is 30.0 Å². The van der Waals surface area contributed by atoms with Crippen molar-refractivity contribution in [2.24, 2.45) is 9.98 Å². The molecular formula is C21H31N7O6. The van der Waals surface area contributed by atoms with Gasteiger partial charge >= 0.3 is 12.1 Å². The number of aliphatic carboxylic acids is 1. The maximum absolute atomic E-state index is 11.9. The number of benzene rings is 1. The minimum Gasteiger partial charge on any atom is -0.480 e. The number of carbonyl (C=O) groups excluding carboxylic acids is 1. The van der Waals surface area contributed by atoms with E-state index in [1.54, 1.807) is 38.4 Å². The fourth-order valence-electron chi connectivity index (χ4n) is 3.26. The molecule has 0 spiro atoms. The second-order valence-electron chi connectivity index (χ2n) is 7.92. The molecule has 0 bridgehead atoms. The minimum absolute atomic E-state index is 0.0945. The number of ether oxygens (including phenoxy) is 2. The van der Waals surface area contributed by atoms with Gasteiger partial charge in [0.1, 0.15) is 5.75 Å². The Bertz CT molecular complexity index is 886. The highest BCUT2D eigenvalue weighted by molar-refractivity contribution is 5.93. The van der Waals surface area contributed by atoms with Crippen LogP contribution in [0.4, 0.5) is 4.79 Å². The van der Waals surface area contributed by atoms with E-state index in [9.17, 15) is 19.8 Å². The van der Waals surface area contributed by atoms with Crippen molar-refractivity contribution in [1.82, 2.24) is 25.6 Å². The molecule has 1 aromatic rings. The lowest BCUT2D eigenvalue weighted by atomic mass is 10.1. The zero-order valence-electron chi connectivity index (χ0n) is 19.3. The summed E-state index contributed by atoms with van der Waals surface area (Å²) in [5.74, 6) is -0.624. The van der Waals surface area contributed by atoms with Crippen LogP contribution in [0.3, 0.4) is 0 Å². The highest BCUT2D eigenvalue weighted by atomic mass is 16.6. The van der Waals surface area contributed by atoms with Gasteiger partial charge in [-0.2, -0.15) is 0 Å². The molecule has 0 radical (unpaired) electrons. The predicted molar refractivity (Wildman–Crippen MR) is 123 cm³/mol. The number of rotatable bonds is 9. The molecule has 3 rings (SSSR count). The fourth-order valence-corrected chi connectivity index (χ4v) is 3.26. The summed E-state index contributed by atoms with van der Waals surface area (Å²) in [6, 6.07) is 5.42. The van der Waals surface area contributed by atoms with Crippen molar-refractivity contribution < 1.29 is 29.3 Å². The number of nitrogens with zero attached hydrogens (tertiary/aromatic N) is 5. The Morgan fingerprint density at radius 2 is 2.03 bits per heavy atom. The third-order valence-corrected chi connectivity index (χ3v) is 5.16. The van der Waals surface area contributed by atoms with Crippen LogP contribution in [0.2, 0.25) is 0 Å². The van der Waals surface area contributed by atoms with Crippen LogP contribution in [0.25, 0.3) is 0 Å². The number of nitrogens with one attached hydrogen (secondary N) is 2. The Morgan fingerprint density at radius 3 is 2.68 bits per heavy atom. The van der Waals surface area contributed by atoms with Crippen LogP contribution in [0.5, 0.6) is 5.75 Å². The summed E-state index contributed by atoms with van der Waals surface area (Å²) in [5.41, 5.74) is 3.75. The average Bonchev–Trinajstić information content (AvgIpc) is 2.82. The van der Waals surface area contributed by atoms with Gasteiger partial charge in [-0.15, -0.1) is 0 Å². The molecule has 1 saturated heterocycles. The Balaban J connectivity index is 1.64. The van der Waals surface area contributed by atoms with Crippen LogP contribution in [0, 0.1) is 0 Å². The lowest BCUT2D eigenvalue weighted by Gasteiger charge is -2.33. The van der Waals surface area contributed by atoms with Crippen LogP contribution in [-0.4, -0.2) is 115 Å². The van der Waals surface area contributed by atoms with Crippen LogP contribution >= 0.6 is 0 Å². The molecule has 2 aliphatic heterocycles. The highest BCUT2D eigenvalue weighted by Gasteiger charge is 2.26. The molecule has 0 aliphatic carbocycles. The molecule has 2 heterocycles. The van der Waals surface area contributed by atoms with E-state index in [2.05, 4.69) is 25.6 Å². The van der Waals surface area contributed by atoms with Crippen LogP contribution < -0.4 is 15.5 Å². The van der Waals surface area contributed by atoms with Gasteiger partial charge in [0, 0.05) is 46.7 Å². The molecule has 1 fully saturated rings. The normalized spacial score (nSPS) is 20.6. The number of hydrogen-bond donors (Lipinski definition) is 4. The van der Waals surface area contributed by atoms with Gasteiger partial charge in [-0.1, -0.05) is 12.1 Å². The first kappa shape index (κ1) is 25.4. The lowest BCUT2D eigenvalue weighted by molar-refractivity contribution is -0.138. The number of aliphatic hydroxyl groups is 1. The molecule has 4 N–H and O–H groups in total. The monoisotopic (exact) mass is 477 g/mol. The topological polar surface area (TPSA) is 152 Å². The van der Waals surface area contributed by atoms with E-state index in [1.165, 1.54) is 16.2 Å². The van der Waals surface area contributed by atoms with Crippen molar-refractivity contribution in [1.29, 1.82) is 0 Å². The summed E-state index contributed by atoms with van der Waals surface area (Å²) < 4.78 is 10.5. The molecule has 1 aromatic carbocycles. The largest absolute Gasteiger partial charge is 0.480 e. The number of morpholine rings is 1. The van der Waals surface area contributed by atoms with Crippen LogP contribution in [0.15, 0.2) is 34.3 Å². The minimum atomic E-state index is -1.25. The second-order valence-corrected chi connectivity index (χ2v) is 7.92. The van der Waals surface area contributed by atoms with E-state index in [1.807, 2.05) is 0 Å². The average molecular weight is 478 g/mol. The standard InChI is InChI=1S/C21H31N7O6/c1-26(2)21(32)34-16-5-3-15(4-6-16)13-17(18(29)30)25-19-22-14-23-20(31)28(19)24-7-8-27-9-11-33-12-10-27/h3-6,14,17,20,24,31H,7-13H2,1-2H3,(H,29,30)(H,22,23,25)/t17-,20?/m0/s1. The van der Waals surface area contributed by atoms with Crippen molar-refractivity contribution >= 4 is 24.4 Å². The molecule has 1 amide bonds. The zero-order chi connectivity index (χ0) is 24.5. The van der Waals surface area contributed by atoms with Gasteiger partial charge in [-0.05, 0) is 17.7 Å². The number of carboxylic acid groups (broad SMARTS) is 1. The summed E-state index contributed by atoms with van der Waals surface area (Å²) in [6.45, 7) is 4.24. The smallest absolute Gasteiger partial charge is 0.414 e. The SMILES string of the molecule is CN(C)C(=O)Oc1ccc(C[C@H](N=C2NC=NC(O)N2NCCN2CCOCC2)C(=O)O)cc1. The molecule has 13 heteroatoms. The van der Waals surface area contributed by atoms with Gasteiger partial charge in [0.2, 0.25) is 12.3 Å². The first-order chi connectivity index (χ1) is 16.3. The summed E-state index contributed by atoms with van der Waals surface area (Å²) in [7, 11) is 3.16. The van der Waals surface area contributed by atoms with Gasteiger partial charge in [0.15, 0.2) is 6.04 Å². The third kappa shape index (κ3) is 7.38. The lowest BCUT2D eigenvalue weighted by Crippen LogP contribution is -2.58. The van der Waals surface area contributed by atoms with Crippen molar-refractivity contribution in [2.75, 3.05) is 53.5 Å². The number of aliphatic imine (C=N–C) groups is 2. The quantitative estimate of drug-likeness (QED) is 0.354. The Kier molecular flexibility index (Phi) is 9.16. The number of amides is 1. The van der Waals surface area contributed by atoms with Gasteiger partial charge in [-0.3, -0.25) is 4.90 Å². The zero-order valence-corrected chi connectivity index (χ0v) is 19.3. The van der Waals surface area contributed by atoms with E-state index >= 15 is 0 Å². The molecule has 2 atom stereocenters. The van der Waals surface area contributed by atoms with Crippen molar-refractivity contribution in [3.05, 3.63) is 29.8 Å². The Morgan fingerprint density at radius 1 is 1.32 bits per heavy atom. The number of carbonyl (C=O) groups is 2. The van der Waals surface area contributed by atoms with Crippen molar-refractivity contribution in [2.45, 2.75) is 18.8 Å². The molecule has 1 unspecified atom stereocenters. The fraction of sp³-hybridized carbons (Fsp3) is 0.524. The van der Waals surface area contributed by atoms with E-state index < -0.39 is 24.5 Å². The van der Waals surface area contributed by atoms with Gasteiger partial charge < -0.3 is 29.9 Å². The second kappa shape index (κ2) is 12.3. The van der Waals surface area contributed by atoms with E-state index in [-0.39, 0.29) is 12.4 Å². The van der Waals surface area contributed by atoms with E-state index in [0.717, 1.165) is 19.6 Å². The van der Waals surface area contributed by atoms with Gasteiger partial charge in [0.05, 0.1) is 19.6 Å². The van der Waals surface area contributed by atoms with Crippen molar-refractivity contribution in [3.63, 3.8) is 0 Å². The van der Waals surface area contributed by atoms with Crippen molar-refractivity contribution in [3.8, 4) is 5.75 Å². The molecule has 186 valence electrons. The van der Waals surface area contributed by atoms with E-state index in [0.29, 0.717) is 31.1 Å². The molecule has 0 aromatic heterocycles. The first-order valence-corrected chi connectivity index (χ1v) is 10.9. The molecule has 2 aliphatic rings. The van der Waals surface area contributed by atoms with Crippen LogP contribution in [-0.2, 0) is 16.0 Å². The molecule has 13 nitrogen and oxygen atoms in total. The summed E-state index contributed by atoms with van der Waals surface area (Å²) in [4.78, 5) is 35.3. The molecular weight excluding hydrogens is 446 g/mol. The summed E-state index contributed by atoms with van der Waals surface area (Å²) in [5, 5.41) is 24.1. The maximum Gasteiger partial charge on any atom is 0.414 e. The first-order valence-electron chi connectivity index (χ1n) is 10.9. The summed E-state index contributed by atoms with van der Waals surface area (Å²) in [6.07, 6.45) is -0.384.